The third kappa shape index (κ3) is 11.5. The first-order valence-corrected chi connectivity index (χ1v) is 12.6. The van der Waals surface area contributed by atoms with Crippen LogP contribution in [0.5, 0.6) is 0 Å². The number of nitrogens with zero attached hydrogens (tertiary/aromatic N) is 6. The molecule has 2 aromatic rings. The topological polar surface area (TPSA) is 132 Å². The Hall–Kier alpha value is -2.82. The number of rotatable bonds is 4. The van der Waals surface area contributed by atoms with E-state index in [1.807, 2.05) is 38.1 Å². The van der Waals surface area contributed by atoms with Crippen LogP contribution in [-0.2, 0) is 25.2 Å². The van der Waals surface area contributed by atoms with Gasteiger partial charge in [-0.3, -0.25) is 9.97 Å². The average Bonchev–Trinajstić information content (AvgIpc) is 2.64. The lowest BCUT2D eigenvalue weighted by Gasteiger charge is -2.12. The van der Waals surface area contributed by atoms with Gasteiger partial charge in [-0.25, -0.2) is 8.42 Å². The summed E-state index contributed by atoms with van der Waals surface area (Å²) in [5, 5.41) is 16.5. The van der Waals surface area contributed by atoms with Crippen molar-refractivity contribution in [3.63, 3.8) is 0 Å². The molecule has 0 saturated carbocycles. The normalized spacial score (nSPS) is 13.7. The first kappa shape index (κ1) is 33.8. The molecular weight excluding hydrogens is 444 g/mol. The minimum absolute atomic E-state index is 0. The molecule has 178 valence electrons. The van der Waals surface area contributed by atoms with Gasteiger partial charge in [-0.05, 0) is 44.0 Å². The molecule has 0 radical (unpaired) electrons. The number of hydrogen-bond acceptors (Lipinski definition) is 8. The SMILES string of the molecule is C.C.C.Cc1ccc(C(C)S(C)(=O)=NC#N)cn1.Cc1ccc(CS(C)(=O)=NC#N)cn1. The molecule has 0 aliphatic carbocycles. The summed E-state index contributed by atoms with van der Waals surface area (Å²) in [5.41, 5.74) is 3.49. The molecule has 2 aromatic heterocycles. The first-order valence-electron chi connectivity index (χ1n) is 8.52. The van der Waals surface area contributed by atoms with Gasteiger partial charge in [0.05, 0.1) is 30.5 Å². The van der Waals surface area contributed by atoms with Gasteiger partial charge < -0.3 is 0 Å². The van der Waals surface area contributed by atoms with Gasteiger partial charge in [-0.15, -0.1) is 8.73 Å². The van der Waals surface area contributed by atoms with Crippen LogP contribution in [0.3, 0.4) is 0 Å². The third-order valence-electron chi connectivity index (χ3n) is 3.92. The summed E-state index contributed by atoms with van der Waals surface area (Å²) in [6.45, 7) is 5.56. The smallest absolute Gasteiger partial charge is 0.214 e. The Kier molecular flexibility index (Phi) is 15.9. The van der Waals surface area contributed by atoms with Crippen LogP contribution in [0, 0.1) is 36.8 Å². The van der Waals surface area contributed by atoms with Crippen LogP contribution in [0.15, 0.2) is 45.4 Å². The lowest BCUT2D eigenvalue weighted by molar-refractivity contribution is 0.673. The second-order valence-corrected chi connectivity index (χ2v) is 11.5. The van der Waals surface area contributed by atoms with E-state index in [1.165, 1.54) is 12.5 Å². The van der Waals surface area contributed by atoms with E-state index < -0.39 is 19.5 Å². The number of nitriles is 2. The molecule has 0 fully saturated rings. The minimum atomic E-state index is -2.50. The summed E-state index contributed by atoms with van der Waals surface area (Å²) in [5.74, 6) is 0.272. The number of pyridine rings is 2. The van der Waals surface area contributed by atoms with Crippen molar-refractivity contribution in [2.45, 2.75) is 54.1 Å². The molecule has 10 heteroatoms. The molecule has 8 nitrogen and oxygen atoms in total. The molecule has 0 aliphatic heterocycles. The van der Waals surface area contributed by atoms with E-state index in [0.29, 0.717) is 0 Å². The summed E-state index contributed by atoms with van der Waals surface area (Å²) < 4.78 is 30.4. The maximum absolute atomic E-state index is 12.0. The van der Waals surface area contributed by atoms with E-state index in [0.717, 1.165) is 22.5 Å². The predicted molar refractivity (Wildman–Crippen MR) is 134 cm³/mol. The largest absolute Gasteiger partial charge is 0.261 e. The zero-order valence-electron chi connectivity index (χ0n) is 17.1. The summed E-state index contributed by atoms with van der Waals surface area (Å²) in [7, 11) is -4.93. The Labute approximate surface area is 195 Å². The average molecular weight is 481 g/mol. The van der Waals surface area contributed by atoms with E-state index in [4.69, 9.17) is 10.5 Å². The molecule has 0 N–H and O–H groups in total. The van der Waals surface area contributed by atoms with Crippen LogP contribution >= 0.6 is 0 Å². The van der Waals surface area contributed by atoms with E-state index in [2.05, 4.69) is 18.7 Å². The molecule has 3 unspecified atom stereocenters. The minimum Gasteiger partial charge on any atom is -0.261 e. The number of aryl methyl sites for hydroxylation is 2. The van der Waals surface area contributed by atoms with Gasteiger partial charge in [0.15, 0.2) is 0 Å². The molecule has 0 aliphatic rings. The fourth-order valence-corrected chi connectivity index (χ4v) is 4.14. The third-order valence-corrected chi connectivity index (χ3v) is 7.29. The van der Waals surface area contributed by atoms with Gasteiger partial charge >= 0.3 is 0 Å². The molecule has 0 amide bonds. The second-order valence-electron chi connectivity index (χ2n) is 6.53. The Morgan fingerprint density at radius 3 is 1.81 bits per heavy atom. The standard InChI is InChI=1S/C10H13N3OS.C9H11N3OS.3CH4/c1-8-4-5-10(6-12-8)9(2)15(3,14)13-7-11;1-8-3-4-9(5-11-8)6-14(2,13)12-7-10;;;/h4-6,9H,1-3H3;3-5H,6H2,1-2H3;3*1H4. The van der Waals surface area contributed by atoms with E-state index >= 15 is 0 Å². The maximum Gasteiger partial charge on any atom is 0.214 e. The Bertz CT molecular complexity index is 1140. The van der Waals surface area contributed by atoms with Crippen molar-refractivity contribution in [3.05, 3.63) is 59.2 Å². The van der Waals surface area contributed by atoms with Crippen molar-refractivity contribution in [2.24, 2.45) is 8.73 Å². The fraction of sp³-hybridized carbons (Fsp3) is 0.455. The van der Waals surface area contributed by atoms with Crippen LogP contribution in [0.4, 0.5) is 0 Å². The Morgan fingerprint density at radius 1 is 0.906 bits per heavy atom. The van der Waals surface area contributed by atoms with Crippen LogP contribution in [0.1, 0.15) is 57.0 Å². The van der Waals surface area contributed by atoms with Crippen LogP contribution < -0.4 is 0 Å². The Balaban J connectivity index is -0.000000481. The molecular formula is C22H36N6O2S2. The molecule has 2 rings (SSSR count). The summed E-state index contributed by atoms with van der Waals surface area (Å²) in [6.07, 6.45) is 9.46. The van der Waals surface area contributed by atoms with Crippen molar-refractivity contribution in [1.29, 1.82) is 10.5 Å². The molecule has 0 bridgehead atoms. The summed E-state index contributed by atoms with van der Waals surface area (Å²) in [4.78, 5) is 8.20. The van der Waals surface area contributed by atoms with Gasteiger partial charge in [0, 0.05) is 36.3 Å². The van der Waals surface area contributed by atoms with Crippen molar-refractivity contribution < 1.29 is 8.42 Å². The van der Waals surface area contributed by atoms with Gasteiger partial charge in [0.1, 0.15) is 0 Å². The molecule has 0 aromatic carbocycles. The number of aromatic nitrogens is 2. The molecule has 0 saturated heterocycles. The highest BCUT2D eigenvalue weighted by Gasteiger charge is 2.16. The predicted octanol–water partition coefficient (Wildman–Crippen LogP) is 5.41. The van der Waals surface area contributed by atoms with E-state index in [1.54, 1.807) is 31.7 Å². The highest BCUT2D eigenvalue weighted by Crippen LogP contribution is 2.21. The molecule has 2 heterocycles. The molecule has 0 spiro atoms. The van der Waals surface area contributed by atoms with Gasteiger partial charge in [0.2, 0.25) is 12.4 Å². The highest BCUT2D eigenvalue weighted by molar-refractivity contribution is 7.93. The van der Waals surface area contributed by atoms with Crippen LogP contribution in [0.25, 0.3) is 0 Å². The lowest BCUT2D eigenvalue weighted by Crippen LogP contribution is -2.07. The lowest BCUT2D eigenvalue weighted by atomic mass is 10.2. The van der Waals surface area contributed by atoms with Crippen molar-refractivity contribution in [3.8, 4) is 12.4 Å². The maximum atomic E-state index is 12.0. The van der Waals surface area contributed by atoms with E-state index in [-0.39, 0.29) is 33.3 Å². The summed E-state index contributed by atoms with van der Waals surface area (Å²) in [6, 6.07) is 7.41. The second kappa shape index (κ2) is 15.1. The van der Waals surface area contributed by atoms with Gasteiger partial charge in [0.25, 0.3) is 0 Å². The zero-order chi connectivity index (χ0) is 22.1. The van der Waals surface area contributed by atoms with Crippen molar-refractivity contribution in [2.75, 3.05) is 12.5 Å². The molecule has 32 heavy (non-hydrogen) atoms. The van der Waals surface area contributed by atoms with Gasteiger partial charge in [-0.2, -0.15) is 10.5 Å². The fourth-order valence-electron chi connectivity index (χ4n) is 2.14. The summed E-state index contributed by atoms with van der Waals surface area (Å²) >= 11 is 0. The van der Waals surface area contributed by atoms with Gasteiger partial charge in [-0.1, -0.05) is 34.4 Å². The molecule has 3 atom stereocenters. The highest BCUT2D eigenvalue weighted by atomic mass is 32.2. The zero-order valence-corrected chi connectivity index (χ0v) is 18.7. The number of hydrogen-bond donors (Lipinski definition) is 0. The van der Waals surface area contributed by atoms with E-state index in [9.17, 15) is 8.42 Å². The van der Waals surface area contributed by atoms with Crippen LogP contribution in [0.2, 0.25) is 0 Å². The first-order chi connectivity index (χ1) is 13.5. The Morgan fingerprint density at radius 2 is 1.41 bits per heavy atom. The quantitative estimate of drug-likeness (QED) is 0.537. The monoisotopic (exact) mass is 480 g/mol. The van der Waals surface area contributed by atoms with Crippen LogP contribution in [-0.4, -0.2) is 30.9 Å². The van der Waals surface area contributed by atoms with Crippen molar-refractivity contribution >= 4 is 19.5 Å². The van der Waals surface area contributed by atoms with Crippen molar-refractivity contribution in [1.82, 2.24) is 9.97 Å².